The van der Waals surface area contributed by atoms with Gasteiger partial charge in [0.2, 0.25) is 5.91 Å². The Hall–Kier alpha value is -2.32. The van der Waals surface area contributed by atoms with Crippen molar-refractivity contribution >= 4 is 29.5 Å². The number of nitrogens with zero attached hydrogens (tertiary/aromatic N) is 2. The Balaban J connectivity index is 1.78. The summed E-state index contributed by atoms with van der Waals surface area (Å²) in [5.41, 5.74) is 0.437. The minimum atomic E-state index is -0.569. The molecule has 2 aromatic heterocycles. The summed E-state index contributed by atoms with van der Waals surface area (Å²) in [5.74, 6) is 0.0155. The van der Waals surface area contributed by atoms with Gasteiger partial charge in [-0.15, -0.1) is 11.3 Å². The lowest BCUT2D eigenvalue weighted by Gasteiger charge is -2.15. The van der Waals surface area contributed by atoms with E-state index in [1.807, 2.05) is 17.5 Å². The number of hydrogen-bond acceptors (Lipinski definition) is 4. The van der Waals surface area contributed by atoms with E-state index in [4.69, 9.17) is 12.2 Å². The monoisotopic (exact) mass is 362 g/mol. The second kappa shape index (κ2) is 7.06. The second-order valence-electron chi connectivity index (χ2n) is 5.18. The lowest BCUT2D eigenvalue weighted by atomic mass is 10.2. The Morgan fingerprint density at radius 2 is 2.21 bits per heavy atom. The summed E-state index contributed by atoms with van der Waals surface area (Å²) >= 11 is 6.76. The maximum absolute atomic E-state index is 13.6. The third-order valence-electron chi connectivity index (χ3n) is 3.62. The fourth-order valence-electron chi connectivity index (χ4n) is 2.33. The van der Waals surface area contributed by atoms with Crippen molar-refractivity contribution in [2.45, 2.75) is 19.5 Å². The highest BCUT2D eigenvalue weighted by Crippen LogP contribution is 2.25. The normalized spacial score (nSPS) is 12.1. The van der Waals surface area contributed by atoms with E-state index in [1.54, 1.807) is 29.7 Å². The highest BCUT2D eigenvalue weighted by molar-refractivity contribution is 7.71. The zero-order valence-corrected chi connectivity index (χ0v) is 14.5. The van der Waals surface area contributed by atoms with Crippen LogP contribution in [0.3, 0.4) is 0 Å². The Morgan fingerprint density at radius 1 is 1.42 bits per heavy atom. The molecule has 2 heterocycles. The van der Waals surface area contributed by atoms with E-state index < -0.39 is 6.04 Å². The number of carbonyl (C=O) groups is 1. The van der Waals surface area contributed by atoms with E-state index >= 15 is 0 Å². The first kappa shape index (κ1) is 16.5. The molecule has 0 fully saturated rings. The van der Waals surface area contributed by atoms with Crippen LogP contribution in [0.2, 0.25) is 0 Å². The molecule has 24 heavy (non-hydrogen) atoms. The average molecular weight is 362 g/mol. The van der Waals surface area contributed by atoms with Crippen molar-refractivity contribution in [2.75, 3.05) is 0 Å². The fraction of sp³-hybridized carbons (Fsp3) is 0.188. The molecule has 1 aromatic carbocycles. The van der Waals surface area contributed by atoms with E-state index in [0.717, 1.165) is 4.88 Å². The first-order valence-electron chi connectivity index (χ1n) is 7.30. The number of amides is 1. The van der Waals surface area contributed by atoms with Crippen molar-refractivity contribution in [1.29, 1.82) is 0 Å². The minimum absolute atomic E-state index is 0.120. The van der Waals surface area contributed by atoms with Crippen LogP contribution in [0, 0.1) is 10.6 Å². The SMILES string of the molecule is C[C@H](C(=O)NCc1ccccc1F)n1c(-c2cccs2)n[nH]c1=S. The topological polar surface area (TPSA) is 62.7 Å². The van der Waals surface area contributed by atoms with Crippen molar-refractivity contribution in [3.63, 3.8) is 0 Å². The number of hydrogen-bond donors (Lipinski definition) is 2. The summed E-state index contributed by atoms with van der Waals surface area (Å²) in [6.45, 7) is 1.86. The maximum Gasteiger partial charge on any atom is 0.243 e. The van der Waals surface area contributed by atoms with Crippen LogP contribution in [0.5, 0.6) is 0 Å². The Labute approximate surface area is 147 Å². The van der Waals surface area contributed by atoms with Crippen LogP contribution < -0.4 is 5.32 Å². The summed E-state index contributed by atoms with van der Waals surface area (Å²) in [5, 5.41) is 11.6. The molecule has 3 aromatic rings. The number of aromatic nitrogens is 3. The van der Waals surface area contributed by atoms with Gasteiger partial charge in [0.1, 0.15) is 11.9 Å². The van der Waals surface area contributed by atoms with Gasteiger partial charge < -0.3 is 5.32 Å². The van der Waals surface area contributed by atoms with Crippen molar-refractivity contribution < 1.29 is 9.18 Å². The van der Waals surface area contributed by atoms with E-state index in [2.05, 4.69) is 15.5 Å². The number of benzene rings is 1. The predicted octanol–water partition coefficient (Wildman–Crippen LogP) is 3.69. The van der Waals surface area contributed by atoms with Crippen LogP contribution in [-0.2, 0) is 11.3 Å². The summed E-state index contributed by atoms with van der Waals surface area (Å²) in [7, 11) is 0. The molecule has 0 radical (unpaired) electrons. The largest absolute Gasteiger partial charge is 0.350 e. The van der Waals surface area contributed by atoms with Crippen molar-refractivity contribution in [2.24, 2.45) is 0 Å². The fourth-order valence-corrected chi connectivity index (χ4v) is 3.33. The van der Waals surface area contributed by atoms with Gasteiger partial charge >= 0.3 is 0 Å². The Bertz CT molecular complexity index is 901. The molecule has 0 bridgehead atoms. The molecule has 0 saturated heterocycles. The van der Waals surface area contributed by atoms with E-state index in [1.165, 1.54) is 17.4 Å². The first-order valence-corrected chi connectivity index (χ1v) is 8.58. The van der Waals surface area contributed by atoms with Crippen molar-refractivity contribution in [3.05, 3.63) is 57.9 Å². The molecule has 8 heteroatoms. The number of aromatic amines is 1. The standard InChI is InChI=1S/C16H15FN4OS2/c1-10(15(22)18-9-11-5-2-3-6-12(11)17)21-14(19-20-16(21)23)13-7-4-8-24-13/h2-8,10H,9H2,1H3,(H,18,22)(H,20,23)/t10-/m1/s1. The molecule has 0 aliphatic heterocycles. The molecule has 0 aliphatic rings. The zero-order valence-electron chi connectivity index (χ0n) is 12.8. The van der Waals surface area contributed by atoms with Gasteiger partial charge in [-0.3, -0.25) is 14.5 Å². The van der Waals surface area contributed by atoms with Crippen molar-refractivity contribution in [3.8, 4) is 10.7 Å². The van der Waals surface area contributed by atoms with Crippen LogP contribution in [0.4, 0.5) is 4.39 Å². The molecule has 3 rings (SSSR count). The van der Waals surface area contributed by atoms with Gasteiger partial charge in [0.15, 0.2) is 10.6 Å². The van der Waals surface area contributed by atoms with E-state index in [9.17, 15) is 9.18 Å². The number of thiophene rings is 1. The van der Waals surface area contributed by atoms with Crippen LogP contribution >= 0.6 is 23.6 Å². The van der Waals surface area contributed by atoms with Gasteiger partial charge in [0, 0.05) is 12.1 Å². The maximum atomic E-state index is 13.6. The minimum Gasteiger partial charge on any atom is -0.350 e. The van der Waals surface area contributed by atoms with Gasteiger partial charge in [0.05, 0.1) is 4.88 Å². The number of carbonyl (C=O) groups excluding carboxylic acids is 1. The lowest BCUT2D eigenvalue weighted by molar-refractivity contribution is -0.124. The predicted molar refractivity (Wildman–Crippen MR) is 93.7 cm³/mol. The number of H-pyrrole nitrogens is 1. The zero-order chi connectivity index (χ0) is 17.1. The summed E-state index contributed by atoms with van der Waals surface area (Å²) in [4.78, 5) is 13.4. The Morgan fingerprint density at radius 3 is 2.92 bits per heavy atom. The molecule has 5 nitrogen and oxygen atoms in total. The molecule has 0 saturated carbocycles. The molecule has 1 amide bonds. The van der Waals surface area contributed by atoms with E-state index in [-0.39, 0.29) is 18.3 Å². The summed E-state index contributed by atoms with van der Waals surface area (Å²) in [6, 6.07) is 9.60. The van der Waals surface area contributed by atoms with Gasteiger partial charge in [-0.1, -0.05) is 24.3 Å². The molecule has 0 spiro atoms. The smallest absolute Gasteiger partial charge is 0.243 e. The van der Waals surface area contributed by atoms with Gasteiger partial charge in [-0.25, -0.2) is 4.39 Å². The number of nitrogens with one attached hydrogen (secondary N) is 2. The van der Waals surface area contributed by atoms with Gasteiger partial charge in [0.25, 0.3) is 0 Å². The first-order chi connectivity index (χ1) is 11.6. The third-order valence-corrected chi connectivity index (χ3v) is 4.78. The van der Waals surface area contributed by atoms with E-state index in [0.29, 0.717) is 16.2 Å². The molecule has 0 aliphatic carbocycles. The molecule has 124 valence electrons. The molecule has 1 atom stereocenters. The molecular formula is C16H15FN4OS2. The van der Waals surface area contributed by atoms with Crippen LogP contribution in [-0.4, -0.2) is 20.7 Å². The van der Waals surface area contributed by atoms with Crippen molar-refractivity contribution in [1.82, 2.24) is 20.1 Å². The summed E-state index contributed by atoms with van der Waals surface area (Å²) < 4.78 is 15.7. The van der Waals surface area contributed by atoms with Gasteiger partial charge in [-0.05, 0) is 36.7 Å². The summed E-state index contributed by atoms with van der Waals surface area (Å²) in [6.07, 6.45) is 0. The van der Waals surface area contributed by atoms with Crippen LogP contribution in [0.15, 0.2) is 41.8 Å². The Kier molecular flexibility index (Phi) is 4.86. The second-order valence-corrected chi connectivity index (χ2v) is 6.52. The highest BCUT2D eigenvalue weighted by Gasteiger charge is 2.21. The van der Waals surface area contributed by atoms with Gasteiger partial charge in [-0.2, -0.15) is 5.10 Å². The van der Waals surface area contributed by atoms with Crippen LogP contribution in [0.1, 0.15) is 18.5 Å². The average Bonchev–Trinajstić information content (AvgIpc) is 3.22. The van der Waals surface area contributed by atoms with Crippen LogP contribution in [0.25, 0.3) is 10.7 Å². The number of halogens is 1. The molecule has 2 N–H and O–H groups in total. The molecular weight excluding hydrogens is 347 g/mol. The molecule has 0 unspecified atom stereocenters. The lowest BCUT2D eigenvalue weighted by Crippen LogP contribution is -2.31. The third kappa shape index (κ3) is 3.29. The quantitative estimate of drug-likeness (QED) is 0.681. The number of rotatable bonds is 5. The highest BCUT2D eigenvalue weighted by atomic mass is 32.1.